The van der Waals surface area contributed by atoms with Crippen LogP contribution < -0.4 is 27.4 Å². The lowest BCUT2D eigenvalue weighted by molar-refractivity contribution is -0.133. The van der Waals surface area contributed by atoms with Crippen LogP contribution >= 0.6 is 0 Å². The van der Waals surface area contributed by atoms with E-state index < -0.39 is 53.2 Å². The number of nitrogens with two attached hydrogens (primary N) is 2. The minimum absolute atomic E-state index is 0.00625. The van der Waals surface area contributed by atoms with Gasteiger partial charge in [0.15, 0.2) is 0 Å². The number of hydrogen-bond donors (Lipinski definition) is 8. The molecule has 12 heteroatoms. The number of aromatic amines is 1. The molecule has 1 aromatic carbocycles. The van der Waals surface area contributed by atoms with Gasteiger partial charge in [0.05, 0.1) is 18.5 Å². The number of nitrogens with zero attached hydrogens (tertiary/aromatic N) is 1. The summed E-state index contributed by atoms with van der Waals surface area (Å²) >= 11 is 0. The van der Waals surface area contributed by atoms with Gasteiger partial charge in [0.25, 0.3) is 0 Å². The minimum atomic E-state index is -1.26. The normalized spacial score (nSPS) is 17.7. The Hall–Kier alpha value is -3.32. The first-order valence-corrected chi connectivity index (χ1v) is 16.4. The molecule has 5 atom stereocenters. The maximum atomic E-state index is 14.0. The van der Waals surface area contributed by atoms with Crippen LogP contribution in [0.2, 0.25) is 0 Å². The molecule has 0 saturated heterocycles. The van der Waals surface area contributed by atoms with Gasteiger partial charge in [0, 0.05) is 42.2 Å². The topological polar surface area (TPSA) is 208 Å². The molecule has 2 aromatic rings. The molecule has 1 aromatic heterocycles. The van der Waals surface area contributed by atoms with Gasteiger partial charge >= 0.3 is 0 Å². The second kappa shape index (κ2) is 17.0. The Morgan fingerprint density at radius 3 is 2.13 bits per heavy atom. The van der Waals surface area contributed by atoms with Gasteiger partial charge in [-0.3, -0.25) is 14.4 Å². The zero-order valence-corrected chi connectivity index (χ0v) is 27.8. The molecule has 0 radical (unpaired) electrons. The molecule has 3 amide bonds. The lowest BCUT2D eigenvalue weighted by Crippen LogP contribution is -2.59. The third-order valence-corrected chi connectivity index (χ3v) is 8.34. The second-order valence-corrected chi connectivity index (χ2v) is 14.4. The minimum Gasteiger partial charge on any atom is -0.390 e. The summed E-state index contributed by atoms with van der Waals surface area (Å²) in [4.78, 5) is 47.7. The maximum absolute atomic E-state index is 14.0. The Kier molecular flexibility index (Phi) is 13.7. The number of nitrogens with one attached hydrogen (secondary N) is 4. The van der Waals surface area contributed by atoms with E-state index in [1.807, 2.05) is 30.3 Å². The van der Waals surface area contributed by atoms with Crippen molar-refractivity contribution in [2.75, 3.05) is 0 Å². The van der Waals surface area contributed by atoms with E-state index in [0.29, 0.717) is 12.1 Å². The van der Waals surface area contributed by atoms with Gasteiger partial charge in [-0.15, -0.1) is 0 Å². The number of aliphatic hydroxyl groups excluding tert-OH is 2. The monoisotopic (exact) mass is 641 g/mol. The van der Waals surface area contributed by atoms with Crippen molar-refractivity contribution >= 4 is 17.7 Å². The predicted molar refractivity (Wildman–Crippen MR) is 177 cm³/mol. The van der Waals surface area contributed by atoms with E-state index in [-0.39, 0.29) is 37.5 Å². The molecule has 256 valence electrons. The van der Waals surface area contributed by atoms with Crippen LogP contribution in [-0.4, -0.2) is 79.3 Å². The van der Waals surface area contributed by atoms with Gasteiger partial charge in [-0.25, -0.2) is 4.98 Å². The number of imidazole rings is 1. The second-order valence-electron chi connectivity index (χ2n) is 14.4. The lowest BCUT2D eigenvalue weighted by Gasteiger charge is -2.35. The molecule has 0 bridgehead atoms. The summed E-state index contributed by atoms with van der Waals surface area (Å²) in [6.45, 7) is 7.00. The molecule has 12 nitrogen and oxygen atoms in total. The van der Waals surface area contributed by atoms with E-state index in [0.717, 1.165) is 37.7 Å². The highest BCUT2D eigenvalue weighted by Crippen LogP contribution is 2.29. The van der Waals surface area contributed by atoms with E-state index in [1.165, 1.54) is 6.33 Å². The smallest absolute Gasteiger partial charge is 0.243 e. The highest BCUT2D eigenvalue weighted by Gasteiger charge is 2.35. The van der Waals surface area contributed by atoms with Crippen LogP contribution in [-0.2, 0) is 27.2 Å². The molecule has 10 N–H and O–H groups in total. The summed E-state index contributed by atoms with van der Waals surface area (Å²) in [6.07, 6.45) is 6.82. The van der Waals surface area contributed by atoms with E-state index in [9.17, 15) is 24.6 Å². The highest BCUT2D eigenvalue weighted by molar-refractivity contribution is 5.92. The zero-order valence-electron chi connectivity index (χ0n) is 27.8. The van der Waals surface area contributed by atoms with Crippen LogP contribution in [0, 0.1) is 5.92 Å². The van der Waals surface area contributed by atoms with E-state index in [2.05, 4.69) is 25.9 Å². The summed E-state index contributed by atoms with van der Waals surface area (Å²) in [5, 5.41) is 30.8. The summed E-state index contributed by atoms with van der Waals surface area (Å²) in [5.74, 6) is -1.16. The van der Waals surface area contributed by atoms with Gasteiger partial charge in [0.2, 0.25) is 17.7 Å². The fourth-order valence-corrected chi connectivity index (χ4v) is 6.09. The maximum Gasteiger partial charge on any atom is 0.243 e. The van der Waals surface area contributed by atoms with Crippen molar-refractivity contribution < 1.29 is 24.6 Å². The molecule has 0 aliphatic heterocycles. The standard InChI is InChI=1S/C34H55N7O5/c1-33(2,35)18-28(42)30(44)25(15-22-11-7-5-8-12-22)40-32(46)27(17-24-20-37-21-38-24)41-31(45)26(16-23-13-9-6-10-14-23)39-29(43)19-34(3,4)36/h6,9-10,13-14,20-22,25-28,30,42,44H,5,7-8,11-12,15-19,35-36H2,1-4H3,(H,37,38)(H,39,43)(H,40,46)(H,41,45)/t25-,26-,27-,28-,30+/m0/s1. The van der Waals surface area contributed by atoms with E-state index in [4.69, 9.17) is 11.5 Å². The van der Waals surface area contributed by atoms with Gasteiger partial charge in [0.1, 0.15) is 18.2 Å². The highest BCUT2D eigenvalue weighted by atomic mass is 16.3. The summed E-state index contributed by atoms with van der Waals surface area (Å²) in [6, 6.07) is 6.47. The van der Waals surface area contributed by atoms with Gasteiger partial charge in [-0.1, -0.05) is 62.4 Å². The van der Waals surface area contributed by atoms with Crippen molar-refractivity contribution in [1.82, 2.24) is 25.9 Å². The zero-order chi connectivity index (χ0) is 33.9. The van der Waals surface area contributed by atoms with Crippen LogP contribution in [0.3, 0.4) is 0 Å². The number of H-pyrrole nitrogens is 1. The first-order valence-electron chi connectivity index (χ1n) is 16.4. The third-order valence-electron chi connectivity index (χ3n) is 8.34. The number of rotatable bonds is 17. The average molecular weight is 642 g/mol. The molecule has 1 fully saturated rings. The van der Waals surface area contributed by atoms with Crippen molar-refractivity contribution in [3.05, 3.63) is 54.1 Å². The number of carbonyl (C=O) groups excluding carboxylic acids is 3. The molecule has 3 rings (SSSR count). The molecule has 1 aliphatic carbocycles. The van der Waals surface area contributed by atoms with Crippen LogP contribution in [0.4, 0.5) is 0 Å². The quantitative estimate of drug-likeness (QED) is 0.127. The summed E-state index contributed by atoms with van der Waals surface area (Å²) in [5.41, 5.74) is 12.1. The molecule has 0 spiro atoms. The third kappa shape index (κ3) is 13.2. The number of benzene rings is 1. The number of aliphatic hydroxyl groups is 2. The number of hydrogen-bond acceptors (Lipinski definition) is 8. The van der Waals surface area contributed by atoms with Gasteiger partial charge in [-0.05, 0) is 52.0 Å². The van der Waals surface area contributed by atoms with Crippen LogP contribution in [0.25, 0.3) is 0 Å². The number of amides is 3. The first kappa shape index (κ1) is 37.1. The molecule has 46 heavy (non-hydrogen) atoms. The predicted octanol–water partition coefficient (Wildman–Crippen LogP) is 1.60. The fraction of sp³-hybridized carbons (Fsp3) is 0.647. The molecule has 1 aliphatic rings. The Balaban J connectivity index is 1.84. The van der Waals surface area contributed by atoms with Crippen LogP contribution in [0.5, 0.6) is 0 Å². The number of carbonyl (C=O) groups is 3. The van der Waals surface area contributed by atoms with Crippen molar-refractivity contribution in [2.24, 2.45) is 17.4 Å². The Labute approximate surface area is 272 Å². The Morgan fingerprint density at radius 1 is 0.913 bits per heavy atom. The molecule has 0 unspecified atom stereocenters. The lowest BCUT2D eigenvalue weighted by atomic mass is 9.82. The fourth-order valence-electron chi connectivity index (χ4n) is 6.09. The van der Waals surface area contributed by atoms with Crippen molar-refractivity contribution in [1.29, 1.82) is 0 Å². The molecule has 1 saturated carbocycles. The van der Waals surface area contributed by atoms with Crippen molar-refractivity contribution in [3.8, 4) is 0 Å². The van der Waals surface area contributed by atoms with Gasteiger partial charge in [-0.2, -0.15) is 0 Å². The Morgan fingerprint density at radius 2 is 1.54 bits per heavy atom. The summed E-state index contributed by atoms with van der Waals surface area (Å²) < 4.78 is 0. The van der Waals surface area contributed by atoms with E-state index >= 15 is 0 Å². The average Bonchev–Trinajstić information content (AvgIpc) is 3.48. The van der Waals surface area contributed by atoms with Crippen molar-refractivity contribution in [3.63, 3.8) is 0 Å². The molecular weight excluding hydrogens is 586 g/mol. The largest absolute Gasteiger partial charge is 0.390 e. The summed E-state index contributed by atoms with van der Waals surface area (Å²) in [7, 11) is 0. The first-order chi connectivity index (χ1) is 21.6. The SMILES string of the molecule is CC(C)(N)CC(=O)N[C@@H](Cc1ccccc1)C(=O)N[C@@H](Cc1cnc[nH]1)C(=O)N[C@@H](CC1CCCCC1)[C@@H](O)[C@@H](O)CC(C)(C)N. The molecular formula is C34H55N7O5. The number of aromatic nitrogens is 2. The van der Waals surface area contributed by atoms with Crippen LogP contribution in [0.1, 0.15) is 90.3 Å². The van der Waals surface area contributed by atoms with Crippen LogP contribution in [0.15, 0.2) is 42.9 Å². The van der Waals surface area contributed by atoms with E-state index in [1.54, 1.807) is 33.9 Å². The Bertz CT molecular complexity index is 1220. The van der Waals surface area contributed by atoms with Gasteiger partial charge < -0.3 is 42.6 Å². The molecule has 1 heterocycles. The van der Waals surface area contributed by atoms with Crippen molar-refractivity contribution in [2.45, 2.75) is 133 Å².